The van der Waals surface area contributed by atoms with Crippen LogP contribution < -0.4 is 20.5 Å². The summed E-state index contributed by atoms with van der Waals surface area (Å²) in [5, 5.41) is 7.60. The summed E-state index contributed by atoms with van der Waals surface area (Å²) in [6.07, 6.45) is 2.96. The van der Waals surface area contributed by atoms with E-state index in [2.05, 4.69) is 23.4 Å². The van der Waals surface area contributed by atoms with Crippen molar-refractivity contribution in [3.8, 4) is 17.2 Å². The number of fused-ring (bicyclic) bond motifs is 1. The van der Waals surface area contributed by atoms with Crippen molar-refractivity contribution in [3.05, 3.63) is 65.4 Å². The fraction of sp³-hybridized carbons (Fsp3) is 0.292. The number of para-hydroxylation sites is 1. The second-order valence-electron chi connectivity index (χ2n) is 7.54. The molecule has 0 saturated heterocycles. The summed E-state index contributed by atoms with van der Waals surface area (Å²) in [6, 6.07) is 13.5. The SMILES string of the molecule is CCOc1cc(C2CC(=O)Nc3c2cnn3-c2ccccc2CC)ccc1OCC(N)=O. The number of aryl methyl sites for hydroxylation is 1. The Morgan fingerprint density at radius 1 is 1.19 bits per heavy atom. The zero-order valence-electron chi connectivity index (χ0n) is 18.1. The zero-order chi connectivity index (χ0) is 22.7. The Kier molecular flexibility index (Phi) is 6.11. The van der Waals surface area contributed by atoms with Crippen LogP contribution in [-0.4, -0.2) is 34.8 Å². The number of anilines is 1. The van der Waals surface area contributed by atoms with Crippen LogP contribution >= 0.6 is 0 Å². The molecule has 1 unspecified atom stereocenters. The maximum atomic E-state index is 12.6. The molecule has 0 fully saturated rings. The van der Waals surface area contributed by atoms with E-state index in [1.807, 2.05) is 43.5 Å². The van der Waals surface area contributed by atoms with E-state index < -0.39 is 5.91 Å². The number of hydrogen-bond acceptors (Lipinski definition) is 5. The Hall–Kier alpha value is -3.81. The molecule has 0 saturated carbocycles. The molecule has 4 rings (SSSR count). The van der Waals surface area contributed by atoms with Gasteiger partial charge in [-0.15, -0.1) is 0 Å². The van der Waals surface area contributed by atoms with Gasteiger partial charge in [-0.2, -0.15) is 5.10 Å². The lowest BCUT2D eigenvalue weighted by Crippen LogP contribution is -2.25. The molecule has 0 radical (unpaired) electrons. The number of nitrogens with zero attached hydrogens (tertiary/aromatic N) is 2. The number of carbonyl (C=O) groups excluding carboxylic acids is 2. The number of benzene rings is 2. The van der Waals surface area contributed by atoms with Crippen LogP contribution in [0.15, 0.2) is 48.7 Å². The lowest BCUT2D eigenvalue weighted by molar-refractivity contribution is -0.120. The summed E-state index contributed by atoms with van der Waals surface area (Å²) in [6.45, 7) is 4.15. The van der Waals surface area contributed by atoms with Crippen molar-refractivity contribution in [2.24, 2.45) is 5.73 Å². The lowest BCUT2D eigenvalue weighted by Gasteiger charge is -2.25. The van der Waals surface area contributed by atoms with Gasteiger partial charge in [-0.05, 0) is 42.7 Å². The molecule has 1 aliphatic heterocycles. The first-order chi connectivity index (χ1) is 15.5. The first-order valence-corrected chi connectivity index (χ1v) is 10.7. The number of amides is 2. The number of aromatic nitrogens is 2. The van der Waals surface area contributed by atoms with Gasteiger partial charge in [0.2, 0.25) is 5.91 Å². The van der Waals surface area contributed by atoms with Crippen molar-refractivity contribution in [1.29, 1.82) is 0 Å². The molecule has 0 bridgehead atoms. The van der Waals surface area contributed by atoms with E-state index in [1.54, 1.807) is 10.7 Å². The summed E-state index contributed by atoms with van der Waals surface area (Å²) in [4.78, 5) is 23.7. The molecule has 1 aliphatic rings. The molecule has 8 nitrogen and oxygen atoms in total. The smallest absolute Gasteiger partial charge is 0.255 e. The minimum Gasteiger partial charge on any atom is -0.490 e. The van der Waals surface area contributed by atoms with Crippen LogP contribution in [0.2, 0.25) is 0 Å². The van der Waals surface area contributed by atoms with E-state index in [9.17, 15) is 9.59 Å². The van der Waals surface area contributed by atoms with Crippen molar-refractivity contribution in [1.82, 2.24) is 9.78 Å². The number of carbonyl (C=O) groups is 2. The van der Waals surface area contributed by atoms with Crippen molar-refractivity contribution in [3.63, 3.8) is 0 Å². The third-order valence-corrected chi connectivity index (χ3v) is 5.46. The Labute approximate surface area is 186 Å². The molecule has 1 aromatic heterocycles. The van der Waals surface area contributed by atoms with Crippen molar-refractivity contribution in [2.45, 2.75) is 32.6 Å². The molecule has 3 aromatic rings. The molecule has 2 amide bonds. The molecule has 32 heavy (non-hydrogen) atoms. The Morgan fingerprint density at radius 3 is 2.75 bits per heavy atom. The predicted molar refractivity (Wildman–Crippen MR) is 120 cm³/mol. The highest BCUT2D eigenvalue weighted by Gasteiger charge is 2.31. The molecule has 0 spiro atoms. The number of ether oxygens (including phenoxy) is 2. The van der Waals surface area contributed by atoms with Gasteiger partial charge in [-0.3, -0.25) is 9.59 Å². The Morgan fingerprint density at radius 2 is 2.00 bits per heavy atom. The molecule has 166 valence electrons. The number of primary amides is 1. The fourth-order valence-electron chi connectivity index (χ4n) is 3.99. The van der Waals surface area contributed by atoms with Crippen molar-refractivity contribution < 1.29 is 19.1 Å². The molecule has 1 atom stereocenters. The van der Waals surface area contributed by atoms with Crippen LogP contribution in [0.25, 0.3) is 5.69 Å². The topological polar surface area (TPSA) is 108 Å². The lowest BCUT2D eigenvalue weighted by atomic mass is 9.87. The molecule has 0 aliphatic carbocycles. The predicted octanol–water partition coefficient (Wildman–Crippen LogP) is 3.17. The average Bonchev–Trinajstić information content (AvgIpc) is 3.21. The Balaban J connectivity index is 1.74. The van der Waals surface area contributed by atoms with E-state index >= 15 is 0 Å². The fourth-order valence-corrected chi connectivity index (χ4v) is 3.99. The summed E-state index contributed by atoms with van der Waals surface area (Å²) in [5.41, 5.74) is 9.12. The third-order valence-electron chi connectivity index (χ3n) is 5.46. The Bertz CT molecular complexity index is 1150. The van der Waals surface area contributed by atoms with Crippen LogP contribution in [-0.2, 0) is 16.0 Å². The van der Waals surface area contributed by atoms with Crippen LogP contribution in [0.5, 0.6) is 11.5 Å². The van der Waals surface area contributed by atoms with Gasteiger partial charge in [0, 0.05) is 17.9 Å². The van der Waals surface area contributed by atoms with Gasteiger partial charge in [0.15, 0.2) is 18.1 Å². The highest BCUT2D eigenvalue weighted by atomic mass is 16.5. The van der Waals surface area contributed by atoms with Gasteiger partial charge in [-0.25, -0.2) is 4.68 Å². The van der Waals surface area contributed by atoms with Crippen molar-refractivity contribution >= 4 is 17.6 Å². The largest absolute Gasteiger partial charge is 0.490 e. The maximum Gasteiger partial charge on any atom is 0.255 e. The van der Waals surface area contributed by atoms with Gasteiger partial charge < -0.3 is 20.5 Å². The highest BCUT2D eigenvalue weighted by Crippen LogP contribution is 2.41. The van der Waals surface area contributed by atoms with E-state index in [-0.39, 0.29) is 18.4 Å². The van der Waals surface area contributed by atoms with Crippen LogP contribution in [0.1, 0.15) is 42.9 Å². The van der Waals surface area contributed by atoms with E-state index in [4.69, 9.17) is 15.2 Å². The second kappa shape index (κ2) is 9.13. The average molecular weight is 434 g/mol. The zero-order valence-corrected chi connectivity index (χ0v) is 18.1. The summed E-state index contributed by atoms with van der Waals surface area (Å²) < 4.78 is 13.0. The number of hydrogen-bond donors (Lipinski definition) is 2. The molecular weight excluding hydrogens is 408 g/mol. The second-order valence-corrected chi connectivity index (χ2v) is 7.54. The molecule has 8 heteroatoms. The van der Waals surface area contributed by atoms with Crippen LogP contribution in [0.3, 0.4) is 0 Å². The van der Waals surface area contributed by atoms with E-state index in [0.29, 0.717) is 30.3 Å². The van der Waals surface area contributed by atoms with Gasteiger partial charge in [0.25, 0.3) is 5.91 Å². The quantitative estimate of drug-likeness (QED) is 0.566. The van der Waals surface area contributed by atoms with Crippen molar-refractivity contribution in [2.75, 3.05) is 18.5 Å². The molecule has 2 heterocycles. The molecular formula is C24H26N4O4. The monoisotopic (exact) mass is 434 g/mol. The van der Waals surface area contributed by atoms with Crippen LogP contribution in [0, 0.1) is 0 Å². The standard InChI is InChI=1S/C24H26N4O4/c1-3-15-7-5-6-8-19(15)28-24-18(13-26-28)17(12-23(30)27-24)16-9-10-20(32-14-22(25)29)21(11-16)31-4-2/h5-11,13,17H,3-4,12,14H2,1-2H3,(H2,25,29)(H,27,30). The van der Waals surface area contributed by atoms with Crippen LogP contribution in [0.4, 0.5) is 5.82 Å². The minimum absolute atomic E-state index is 0.0785. The van der Waals surface area contributed by atoms with Gasteiger partial charge in [0.1, 0.15) is 5.82 Å². The summed E-state index contributed by atoms with van der Waals surface area (Å²) in [5.74, 6) is 0.782. The number of nitrogens with two attached hydrogens (primary N) is 1. The van der Waals surface area contributed by atoms with E-state index in [0.717, 1.165) is 28.8 Å². The highest BCUT2D eigenvalue weighted by molar-refractivity contribution is 5.94. The van der Waals surface area contributed by atoms with Gasteiger partial charge in [-0.1, -0.05) is 31.2 Å². The maximum absolute atomic E-state index is 12.6. The van der Waals surface area contributed by atoms with Gasteiger partial charge >= 0.3 is 0 Å². The molecule has 3 N–H and O–H groups in total. The van der Waals surface area contributed by atoms with Gasteiger partial charge in [0.05, 0.1) is 18.5 Å². The minimum atomic E-state index is -0.565. The van der Waals surface area contributed by atoms with E-state index in [1.165, 1.54) is 0 Å². The first kappa shape index (κ1) is 21.4. The summed E-state index contributed by atoms with van der Waals surface area (Å²) >= 11 is 0. The number of rotatable bonds is 8. The molecule has 2 aromatic carbocycles. The summed E-state index contributed by atoms with van der Waals surface area (Å²) in [7, 11) is 0. The third kappa shape index (κ3) is 4.16. The normalized spacial score (nSPS) is 15.1. The first-order valence-electron chi connectivity index (χ1n) is 10.7. The number of nitrogens with one attached hydrogen (secondary N) is 1.